The molecule has 0 saturated heterocycles. The molecule has 8 heteroatoms. The highest BCUT2D eigenvalue weighted by atomic mass is 32.2. The molecule has 0 fully saturated rings. The number of likely N-dealkylation sites (N-methyl/N-ethyl adjacent to an activating group) is 1. The number of rotatable bonds is 10. The molecule has 3 aromatic carbocycles. The van der Waals surface area contributed by atoms with Crippen LogP contribution in [0.3, 0.4) is 0 Å². The first kappa shape index (κ1) is 26.9. The van der Waals surface area contributed by atoms with E-state index in [2.05, 4.69) is 5.32 Å². The van der Waals surface area contributed by atoms with E-state index in [0.717, 1.165) is 32.8 Å². The van der Waals surface area contributed by atoms with Crippen LogP contribution in [-0.4, -0.2) is 51.0 Å². The van der Waals surface area contributed by atoms with Crippen LogP contribution in [0.5, 0.6) is 0 Å². The zero-order valence-corrected chi connectivity index (χ0v) is 22.0. The summed E-state index contributed by atoms with van der Waals surface area (Å²) in [5.41, 5.74) is 4.03. The van der Waals surface area contributed by atoms with E-state index >= 15 is 0 Å². The Kier molecular flexibility index (Phi) is 8.88. The van der Waals surface area contributed by atoms with E-state index in [1.165, 1.54) is 11.9 Å². The Bertz CT molecular complexity index is 1310. The van der Waals surface area contributed by atoms with Crippen molar-refractivity contribution in [3.05, 3.63) is 101 Å². The van der Waals surface area contributed by atoms with Gasteiger partial charge in [0.15, 0.2) is 0 Å². The molecule has 3 aromatic rings. The zero-order valence-electron chi connectivity index (χ0n) is 21.1. The van der Waals surface area contributed by atoms with Crippen molar-refractivity contribution in [1.29, 1.82) is 0 Å². The first-order chi connectivity index (χ1) is 17.1. The summed E-state index contributed by atoms with van der Waals surface area (Å²) >= 11 is 0. The van der Waals surface area contributed by atoms with E-state index in [1.807, 2.05) is 74.5 Å². The number of nitrogens with one attached hydrogen (secondary N) is 1. The number of hydrogen-bond donors (Lipinski definition) is 1. The summed E-state index contributed by atoms with van der Waals surface area (Å²) < 4.78 is 26.6. The minimum absolute atomic E-state index is 0.168. The largest absolute Gasteiger partial charge is 0.357 e. The van der Waals surface area contributed by atoms with Crippen LogP contribution in [0.1, 0.15) is 22.3 Å². The highest BCUT2D eigenvalue weighted by Gasteiger charge is 2.32. The van der Waals surface area contributed by atoms with Crippen LogP contribution >= 0.6 is 0 Å². The molecule has 1 N–H and O–H groups in total. The van der Waals surface area contributed by atoms with Crippen LogP contribution in [0, 0.1) is 13.8 Å². The van der Waals surface area contributed by atoms with Crippen LogP contribution in [0.15, 0.2) is 78.9 Å². The van der Waals surface area contributed by atoms with Crippen molar-refractivity contribution in [1.82, 2.24) is 10.2 Å². The molecule has 0 spiro atoms. The highest BCUT2D eigenvalue weighted by molar-refractivity contribution is 7.92. The number of amides is 2. The topological polar surface area (TPSA) is 86.8 Å². The van der Waals surface area contributed by atoms with Gasteiger partial charge in [0.05, 0.1) is 11.9 Å². The van der Waals surface area contributed by atoms with Crippen LogP contribution < -0.4 is 9.62 Å². The number of carbonyl (C=O) groups is 2. The maximum Gasteiger partial charge on any atom is 0.244 e. The van der Waals surface area contributed by atoms with E-state index in [-0.39, 0.29) is 12.5 Å². The smallest absolute Gasteiger partial charge is 0.244 e. The molecule has 0 saturated carbocycles. The molecule has 0 radical (unpaired) electrons. The summed E-state index contributed by atoms with van der Waals surface area (Å²) in [6.45, 7) is 3.55. The molecule has 0 aliphatic carbocycles. The molecule has 190 valence electrons. The average molecular weight is 508 g/mol. The van der Waals surface area contributed by atoms with Crippen LogP contribution in [-0.2, 0) is 32.6 Å². The van der Waals surface area contributed by atoms with Gasteiger partial charge >= 0.3 is 0 Å². The number of nitrogens with zero attached hydrogens (tertiary/aromatic N) is 2. The summed E-state index contributed by atoms with van der Waals surface area (Å²) in [5.74, 6) is -0.781. The van der Waals surface area contributed by atoms with Crippen molar-refractivity contribution in [3.63, 3.8) is 0 Å². The lowest BCUT2D eigenvalue weighted by molar-refractivity contribution is -0.139. The Labute approximate surface area is 213 Å². The fraction of sp³-hybridized carbons (Fsp3) is 0.286. The Morgan fingerprint density at radius 3 is 2.19 bits per heavy atom. The van der Waals surface area contributed by atoms with Gasteiger partial charge in [0, 0.05) is 20.0 Å². The van der Waals surface area contributed by atoms with Crippen molar-refractivity contribution in [3.8, 4) is 0 Å². The summed E-state index contributed by atoms with van der Waals surface area (Å²) in [4.78, 5) is 28.5. The lowest BCUT2D eigenvalue weighted by Gasteiger charge is -2.33. The quantitative estimate of drug-likeness (QED) is 0.455. The number of anilines is 1. The van der Waals surface area contributed by atoms with Crippen LogP contribution in [0.2, 0.25) is 0 Å². The highest BCUT2D eigenvalue weighted by Crippen LogP contribution is 2.22. The van der Waals surface area contributed by atoms with Crippen molar-refractivity contribution >= 4 is 27.5 Å². The second kappa shape index (κ2) is 11.9. The molecule has 1 atom stereocenters. The first-order valence-corrected chi connectivity index (χ1v) is 13.6. The molecule has 0 heterocycles. The molecule has 36 heavy (non-hydrogen) atoms. The standard InChI is InChI=1S/C28H33N3O4S/c1-21-11-10-16-25(17-21)31(36(4,34)35)20-27(32)30(19-24-15-9-8-12-22(24)2)26(28(33)29-3)18-23-13-6-5-7-14-23/h5-17,26H,18-20H2,1-4H3,(H,29,33). The molecule has 0 aromatic heterocycles. The Balaban J connectivity index is 2.04. The first-order valence-electron chi connectivity index (χ1n) is 11.7. The molecular weight excluding hydrogens is 474 g/mol. The summed E-state index contributed by atoms with van der Waals surface area (Å²) in [6, 6.07) is 23.3. The molecule has 0 aliphatic heterocycles. The number of sulfonamides is 1. The number of benzene rings is 3. The van der Waals surface area contributed by atoms with E-state index < -0.39 is 28.5 Å². The average Bonchev–Trinajstić information content (AvgIpc) is 2.85. The van der Waals surface area contributed by atoms with Gasteiger partial charge in [0.25, 0.3) is 0 Å². The normalized spacial score (nSPS) is 12.0. The van der Waals surface area contributed by atoms with Gasteiger partial charge in [-0.3, -0.25) is 13.9 Å². The molecule has 3 rings (SSSR count). The third kappa shape index (κ3) is 6.95. The van der Waals surface area contributed by atoms with E-state index in [4.69, 9.17) is 0 Å². The van der Waals surface area contributed by atoms with Crippen molar-refractivity contribution in [2.75, 3.05) is 24.2 Å². The van der Waals surface area contributed by atoms with Gasteiger partial charge in [0.2, 0.25) is 21.8 Å². The maximum absolute atomic E-state index is 13.9. The second-order valence-corrected chi connectivity index (χ2v) is 10.8. The molecule has 0 aliphatic rings. The molecule has 0 bridgehead atoms. The third-order valence-corrected chi connectivity index (χ3v) is 7.23. The zero-order chi connectivity index (χ0) is 26.3. The lowest BCUT2D eigenvalue weighted by Crippen LogP contribution is -2.53. The molecule has 7 nitrogen and oxygen atoms in total. The van der Waals surface area contributed by atoms with Gasteiger partial charge < -0.3 is 10.2 Å². The number of hydrogen-bond acceptors (Lipinski definition) is 4. The lowest BCUT2D eigenvalue weighted by atomic mass is 10.0. The summed E-state index contributed by atoms with van der Waals surface area (Å²) in [7, 11) is -2.24. The van der Waals surface area contributed by atoms with E-state index in [9.17, 15) is 18.0 Å². The Morgan fingerprint density at radius 1 is 0.917 bits per heavy atom. The predicted octanol–water partition coefficient (Wildman–Crippen LogP) is 3.46. The predicted molar refractivity (Wildman–Crippen MR) is 143 cm³/mol. The van der Waals surface area contributed by atoms with Crippen LogP contribution in [0.25, 0.3) is 0 Å². The van der Waals surface area contributed by atoms with Gasteiger partial charge in [-0.15, -0.1) is 0 Å². The molecular formula is C28H33N3O4S. The second-order valence-electron chi connectivity index (χ2n) is 8.88. The van der Waals surface area contributed by atoms with Gasteiger partial charge in [-0.2, -0.15) is 0 Å². The van der Waals surface area contributed by atoms with Crippen molar-refractivity contribution in [2.24, 2.45) is 0 Å². The minimum Gasteiger partial charge on any atom is -0.357 e. The minimum atomic E-state index is -3.77. The Hall–Kier alpha value is -3.65. The van der Waals surface area contributed by atoms with Crippen molar-refractivity contribution in [2.45, 2.75) is 32.9 Å². The van der Waals surface area contributed by atoms with E-state index in [1.54, 1.807) is 18.2 Å². The fourth-order valence-corrected chi connectivity index (χ4v) is 4.93. The van der Waals surface area contributed by atoms with Crippen molar-refractivity contribution < 1.29 is 18.0 Å². The third-order valence-electron chi connectivity index (χ3n) is 6.09. The van der Waals surface area contributed by atoms with Gasteiger partial charge in [-0.05, 0) is 48.2 Å². The Morgan fingerprint density at radius 2 is 1.58 bits per heavy atom. The maximum atomic E-state index is 13.9. The number of carbonyl (C=O) groups excluding carboxylic acids is 2. The number of aryl methyl sites for hydroxylation is 2. The molecule has 2 amide bonds. The SMILES string of the molecule is CNC(=O)C(Cc1ccccc1)N(Cc1ccccc1C)C(=O)CN(c1cccc(C)c1)S(C)(=O)=O. The van der Waals surface area contributed by atoms with Gasteiger partial charge in [-0.25, -0.2) is 8.42 Å². The fourth-order valence-electron chi connectivity index (χ4n) is 4.09. The van der Waals surface area contributed by atoms with Crippen LogP contribution in [0.4, 0.5) is 5.69 Å². The summed E-state index contributed by atoms with van der Waals surface area (Å²) in [5, 5.41) is 2.68. The van der Waals surface area contributed by atoms with E-state index in [0.29, 0.717) is 12.1 Å². The van der Waals surface area contributed by atoms with Gasteiger partial charge in [-0.1, -0.05) is 66.7 Å². The molecule has 1 unspecified atom stereocenters. The van der Waals surface area contributed by atoms with Gasteiger partial charge in [0.1, 0.15) is 12.6 Å². The monoisotopic (exact) mass is 507 g/mol. The summed E-state index contributed by atoms with van der Waals surface area (Å²) in [6.07, 6.45) is 1.37.